The van der Waals surface area contributed by atoms with E-state index in [4.69, 9.17) is 10.2 Å². The zero-order valence-corrected chi connectivity index (χ0v) is 12.8. The minimum Gasteiger partial charge on any atom is -0.418 e. The first kappa shape index (κ1) is 16.3. The molecule has 1 heterocycles. The first-order valence-electron chi connectivity index (χ1n) is 7.30. The van der Waals surface area contributed by atoms with E-state index < -0.39 is 23.7 Å². The average molecular weight is 340 g/mol. The highest BCUT2D eigenvalue weighted by Crippen LogP contribution is 2.23. The number of hydrogen-bond acceptors (Lipinski definition) is 5. The van der Waals surface area contributed by atoms with Crippen LogP contribution in [0, 0.1) is 5.82 Å². The van der Waals surface area contributed by atoms with Crippen molar-refractivity contribution in [3.8, 4) is 11.5 Å². The van der Waals surface area contributed by atoms with Crippen LogP contribution >= 0.6 is 0 Å². The number of amides is 2. The predicted molar refractivity (Wildman–Crippen MR) is 85.5 cm³/mol. The number of halogens is 1. The summed E-state index contributed by atoms with van der Waals surface area (Å²) in [4.78, 5) is 23.9. The molecule has 1 unspecified atom stereocenters. The average Bonchev–Trinajstić information content (AvgIpc) is 3.09. The van der Waals surface area contributed by atoms with E-state index in [1.54, 1.807) is 36.4 Å². The monoisotopic (exact) mass is 340 g/mol. The first-order valence-corrected chi connectivity index (χ1v) is 7.30. The fraction of sp³-hybridized carbons (Fsp3) is 0.0588. The van der Waals surface area contributed by atoms with Gasteiger partial charge in [-0.1, -0.05) is 30.3 Å². The Bertz CT molecular complexity index is 911. The maximum absolute atomic E-state index is 13.8. The Hall–Kier alpha value is -3.55. The van der Waals surface area contributed by atoms with Crippen LogP contribution in [0.3, 0.4) is 0 Å². The number of nitrogens with two attached hydrogens (primary N) is 1. The Kier molecular flexibility index (Phi) is 4.51. The van der Waals surface area contributed by atoms with Gasteiger partial charge in [0.05, 0.1) is 5.56 Å². The number of hydrogen-bond donors (Lipinski definition) is 2. The normalized spacial score (nSPS) is 11.7. The summed E-state index contributed by atoms with van der Waals surface area (Å²) >= 11 is 0. The second-order valence-electron chi connectivity index (χ2n) is 5.10. The van der Waals surface area contributed by atoms with E-state index in [9.17, 15) is 14.0 Å². The van der Waals surface area contributed by atoms with Crippen LogP contribution in [0.2, 0.25) is 0 Å². The van der Waals surface area contributed by atoms with Crippen molar-refractivity contribution in [2.75, 3.05) is 0 Å². The highest BCUT2D eigenvalue weighted by atomic mass is 19.1. The molecule has 0 bridgehead atoms. The number of primary amides is 1. The van der Waals surface area contributed by atoms with Gasteiger partial charge in [-0.15, -0.1) is 10.2 Å². The molecule has 1 atom stereocenters. The van der Waals surface area contributed by atoms with Gasteiger partial charge >= 0.3 is 0 Å². The zero-order chi connectivity index (χ0) is 17.8. The van der Waals surface area contributed by atoms with E-state index in [2.05, 4.69) is 15.5 Å². The summed E-state index contributed by atoms with van der Waals surface area (Å²) in [5, 5.41) is 9.84. The molecular formula is C17H13FN4O3. The van der Waals surface area contributed by atoms with E-state index in [0.29, 0.717) is 5.56 Å². The number of carbonyl (C=O) groups is 2. The first-order chi connectivity index (χ1) is 12.1. The molecular weight excluding hydrogens is 327 g/mol. The molecule has 2 aromatic carbocycles. The summed E-state index contributed by atoms with van der Waals surface area (Å²) in [5.41, 5.74) is 5.74. The molecule has 25 heavy (non-hydrogen) atoms. The molecule has 0 aliphatic carbocycles. The molecule has 3 N–H and O–H groups in total. The van der Waals surface area contributed by atoms with Crippen LogP contribution in [0.4, 0.5) is 4.39 Å². The highest BCUT2D eigenvalue weighted by molar-refractivity contribution is 5.97. The molecule has 126 valence electrons. The fourth-order valence-corrected chi connectivity index (χ4v) is 2.15. The largest absolute Gasteiger partial charge is 0.418 e. The van der Waals surface area contributed by atoms with Crippen molar-refractivity contribution < 1.29 is 18.4 Å². The Morgan fingerprint density at radius 1 is 1.04 bits per heavy atom. The minimum atomic E-state index is -1.33. The molecule has 0 saturated heterocycles. The van der Waals surface area contributed by atoms with Gasteiger partial charge in [-0.2, -0.15) is 0 Å². The summed E-state index contributed by atoms with van der Waals surface area (Å²) in [6.07, 6.45) is 0. The standard InChI is InChI=1S/C17H13FN4O3/c18-12-9-5-4-8-11(12)16-21-22-17(25-16)13(14(19)23)20-15(24)10-6-2-1-3-7-10/h1-9,13H,(H2,19,23)(H,20,24). The van der Waals surface area contributed by atoms with Gasteiger partial charge < -0.3 is 15.5 Å². The van der Waals surface area contributed by atoms with Crippen molar-refractivity contribution in [1.82, 2.24) is 15.5 Å². The molecule has 0 fully saturated rings. The van der Waals surface area contributed by atoms with Crippen molar-refractivity contribution in [3.05, 3.63) is 71.9 Å². The molecule has 0 aliphatic heterocycles. The van der Waals surface area contributed by atoms with Crippen molar-refractivity contribution >= 4 is 11.8 Å². The molecule has 0 spiro atoms. The third-order valence-electron chi connectivity index (χ3n) is 3.39. The molecule has 0 saturated carbocycles. The van der Waals surface area contributed by atoms with E-state index in [-0.39, 0.29) is 17.3 Å². The third-order valence-corrected chi connectivity index (χ3v) is 3.39. The lowest BCUT2D eigenvalue weighted by Gasteiger charge is -2.11. The second kappa shape index (κ2) is 6.91. The topological polar surface area (TPSA) is 111 Å². The molecule has 3 aromatic rings. The maximum Gasteiger partial charge on any atom is 0.252 e. The van der Waals surface area contributed by atoms with Gasteiger partial charge in [0.25, 0.3) is 11.8 Å². The van der Waals surface area contributed by atoms with Gasteiger partial charge in [-0.05, 0) is 24.3 Å². The lowest BCUT2D eigenvalue weighted by Crippen LogP contribution is -2.37. The Morgan fingerprint density at radius 3 is 2.40 bits per heavy atom. The number of rotatable bonds is 5. The maximum atomic E-state index is 13.8. The molecule has 8 heteroatoms. The summed E-state index contributed by atoms with van der Waals surface area (Å²) < 4.78 is 19.1. The third kappa shape index (κ3) is 3.52. The molecule has 0 radical (unpaired) electrons. The molecule has 3 rings (SSSR count). The number of nitrogens with one attached hydrogen (secondary N) is 1. The summed E-state index contributed by atoms with van der Waals surface area (Å²) in [6, 6.07) is 12.7. The van der Waals surface area contributed by atoms with E-state index >= 15 is 0 Å². The van der Waals surface area contributed by atoms with Gasteiger partial charge in [-0.25, -0.2) is 4.39 Å². The van der Waals surface area contributed by atoms with Crippen LogP contribution in [-0.2, 0) is 4.79 Å². The van der Waals surface area contributed by atoms with Crippen LogP contribution in [0.15, 0.2) is 59.0 Å². The molecule has 7 nitrogen and oxygen atoms in total. The van der Waals surface area contributed by atoms with Gasteiger partial charge in [0.1, 0.15) is 5.82 Å². The quantitative estimate of drug-likeness (QED) is 0.736. The SMILES string of the molecule is NC(=O)C(NC(=O)c1ccccc1)c1nnc(-c2ccccc2F)o1. The van der Waals surface area contributed by atoms with E-state index in [0.717, 1.165) is 0 Å². The molecule has 1 aromatic heterocycles. The van der Waals surface area contributed by atoms with Crippen LogP contribution in [0.5, 0.6) is 0 Å². The Labute approximate surface area is 141 Å². The summed E-state index contributed by atoms with van der Waals surface area (Å²) in [5.74, 6) is -2.31. The number of carbonyl (C=O) groups excluding carboxylic acids is 2. The van der Waals surface area contributed by atoms with Crippen LogP contribution in [-0.4, -0.2) is 22.0 Å². The molecule has 2 amide bonds. The van der Waals surface area contributed by atoms with Crippen molar-refractivity contribution in [1.29, 1.82) is 0 Å². The minimum absolute atomic E-state index is 0.0823. The van der Waals surface area contributed by atoms with Crippen LogP contribution < -0.4 is 11.1 Å². The van der Waals surface area contributed by atoms with Crippen LogP contribution in [0.1, 0.15) is 22.3 Å². The van der Waals surface area contributed by atoms with Crippen molar-refractivity contribution in [3.63, 3.8) is 0 Å². The van der Waals surface area contributed by atoms with Crippen molar-refractivity contribution in [2.45, 2.75) is 6.04 Å². The second-order valence-corrected chi connectivity index (χ2v) is 5.10. The number of nitrogens with zero attached hydrogens (tertiary/aromatic N) is 2. The number of benzene rings is 2. The lowest BCUT2D eigenvalue weighted by atomic mass is 10.2. The van der Waals surface area contributed by atoms with Gasteiger partial charge in [0.15, 0.2) is 6.04 Å². The smallest absolute Gasteiger partial charge is 0.252 e. The molecule has 0 aliphatic rings. The highest BCUT2D eigenvalue weighted by Gasteiger charge is 2.27. The van der Waals surface area contributed by atoms with E-state index in [1.807, 2.05) is 0 Å². The van der Waals surface area contributed by atoms with Gasteiger partial charge in [-0.3, -0.25) is 9.59 Å². The zero-order valence-electron chi connectivity index (χ0n) is 12.8. The van der Waals surface area contributed by atoms with Crippen molar-refractivity contribution in [2.24, 2.45) is 5.73 Å². The fourth-order valence-electron chi connectivity index (χ4n) is 2.15. The Balaban J connectivity index is 1.86. The van der Waals surface area contributed by atoms with Crippen LogP contribution in [0.25, 0.3) is 11.5 Å². The van der Waals surface area contributed by atoms with Gasteiger partial charge in [0, 0.05) is 5.56 Å². The van der Waals surface area contributed by atoms with E-state index in [1.165, 1.54) is 18.2 Å². The Morgan fingerprint density at radius 2 is 1.72 bits per heavy atom. The summed E-state index contributed by atoms with van der Waals surface area (Å²) in [6.45, 7) is 0. The van der Waals surface area contributed by atoms with Gasteiger partial charge in [0.2, 0.25) is 11.8 Å². The lowest BCUT2D eigenvalue weighted by molar-refractivity contribution is -0.120. The summed E-state index contributed by atoms with van der Waals surface area (Å²) in [7, 11) is 0. The number of aromatic nitrogens is 2. The predicted octanol–water partition coefficient (Wildman–Crippen LogP) is 1.83.